The molecule has 1 heterocycles. The molecule has 3 rings (SSSR count). The highest BCUT2D eigenvalue weighted by molar-refractivity contribution is 5.99. The average molecular weight is 346 g/mol. The number of para-hydroxylation sites is 2. The third kappa shape index (κ3) is 4.60. The predicted octanol–water partition coefficient (Wildman–Crippen LogP) is 5.59. The number of carbonyl (C=O) groups excluding carboxylic acids is 1. The Morgan fingerprint density at radius 3 is 2.27 bits per heavy atom. The maximum atomic E-state index is 12.0. The molecule has 0 spiro atoms. The van der Waals surface area contributed by atoms with E-state index < -0.39 is 0 Å². The summed E-state index contributed by atoms with van der Waals surface area (Å²) >= 11 is 0. The minimum absolute atomic E-state index is 0.324. The Morgan fingerprint density at radius 1 is 0.846 bits per heavy atom. The van der Waals surface area contributed by atoms with Crippen molar-refractivity contribution in [2.45, 2.75) is 19.8 Å². The van der Waals surface area contributed by atoms with E-state index in [1.807, 2.05) is 48.5 Å². The zero-order valence-electron chi connectivity index (χ0n) is 14.9. The Kier molecular flexibility index (Phi) is 5.49. The molecular weight excluding hydrogens is 324 g/mol. The highest BCUT2D eigenvalue weighted by atomic mass is 16.2. The van der Waals surface area contributed by atoms with Crippen LogP contribution < -0.4 is 16.0 Å². The van der Waals surface area contributed by atoms with Crippen molar-refractivity contribution in [1.29, 1.82) is 0 Å². The standard InChI is InChI=1S/C21H22N4O/c1-15(2)18-10-6-7-11-19(18)23-17-12-13-20(22-14-17)25-21(26)24-16-8-4-3-5-9-16/h3-15,23H,1-2H3,(H2,22,24,25,26). The molecular formula is C21H22N4O. The lowest BCUT2D eigenvalue weighted by Gasteiger charge is -2.14. The van der Waals surface area contributed by atoms with Crippen molar-refractivity contribution in [1.82, 2.24) is 4.98 Å². The minimum atomic E-state index is -0.324. The first kappa shape index (κ1) is 17.5. The molecule has 5 heteroatoms. The van der Waals surface area contributed by atoms with Gasteiger partial charge in [0.15, 0.2) is 0 Å². The molecule has 3 N–H and O–H groups in total. The van der Waals surface area contributed by atoms with E-state index in [-0.39, 0.29) is 6.03 Å². The van der Waals surface area contributed by atoms with Gasteiger partial charge < -0.3 is 10.6 Å². The zero-order chi connectivity index (χ0) is 18.4. The molecule has 1 aromatic heterocycles. The van der Waals surface area contributed by atoms with Gasteiger partial charge in [0.1, 0.15) is 5.82 Å². The van der Waals surface area contributed by atoms with E-state index in [2.05, 4.69) is 46.9 Å². The number of pyridine rings is 1. The lowest BCUT2D eigenvalue weighted by Crippen LogP contribution is -2.19. The van der Waals surface area contributed by atoms with Gasteiger partial charge in [0, 0.05) is 11.4 Å². The molecule has 26 heavy (non-hydrogen) atoms. The second-order valence-electron chi connectivity index (χ2n) is 6.24. The summed E-state index contributed by atoms with van der Waals surface area (Å²) in [6, 6.07) is 20.8. The summed E-state index contributed by atoms with van der Waals surface area (Å²) < 4.78 is 0. The summed E-state index contributed by atoms with van der Waals surface area (Å²) in [5.41, 5.74) is 3.91. The number of benzene rings is 2. The fourth-order valence-corrected chi connectivity index (χ4v) is 2.61. The summed E-state index contributed by atoms with van der Waals surface area (Å²) in [6.45, 7) is 4.33. The molecule has 0 atom stereocenters. The van der Waals surface area contributed by atoms with Gasteiger partial charge in [-0.25, -0.2) is 9.78 Å². The van der Waals surface area contributed by atoms with Crippen LogP contribution in [0.2, 0.25) is 0 Å². The van der Waals surface area contributed by atoms with Crippen molar-refractivity contribution >= 4 is 28.9 Å². The number of nitrogens with one attached hydrogen (secondary N) is 3. The van der Waals surface area contributed by atoms with Gasteiger partial charge in [-0.3, -0.25) is 5.32 Å². The largest absolute Gasteiger partial charge is 0.354 e. The van der Waals surface area contributed by atoms with Crippen LogP contribution in [0.5, 0.6) is 0 Å². The maximum absolute atomic E-state index is 12.0. The van der Waals surface area contributed by atoms with Gasteiger partial charge in [-0.05, 0) is 41.8 Å². The van der Waals surface area contributed by atoms with Crippen molar-refractivity contribution in [3.8, 4) is 0 Å². The predicted molar refractivity (Wildman–Crippen MR) is 107 cm³/mol. The molecule has 132 valence electrons. The molecule has 2 amide bonds. The molecule has 0 saturated carbocycles. The van der Waals surface area contributed by atoms with Crippen LogP contribution in [0.25, 0.3) is 0 Å². The normalized spacial score (nSPS) is 10.4. The highest BCUT2D eigenvalue weighted by Crippen LogP contribution is 2.26. The van der Waals surface area contributed by atoms with E-state index >= 15 is 0 Å². The number of hydrogen-bond acceptors (Lipinski definition) is 3. The van der Waals surface area contributed by atoms with E-state index in [0.29, 0.717) is 11.7 Å². The van der Waals surface area contributed by atoms with Gasteiger partial charge in [0.25, 0.3) is 0 Å². The average Bonchev–Trinajstić information content (AvgIpc) is 2.64. The fraction of sp³-hybridized carbons (Fsp3) is 0.143. The van der Waals surface area contributed by atoms with Crippen molar-refractivity contribution in [2.24, 2.45) is 0 Å². The summed E-state index contributed by atoms with van der Waals surface area (Å²) in [7, 11) is 0. The number of amides is 2. The highest BCUT2D eigenvalue weighted by Gasteiger charge is 2.07. The number of aromatic nitrogens is 1. The SMILES string of the molecule is CC(C)c1ccccc1Nc1ccc(NC(=O)Nc2ccccc2)nc1. The van der Waals surface area contributed by atoms with Gasteiger partial charge in [-0.15, -0.1) is 0 Å². The van der Waals surface area contributed by atoms with Crippen molar-refractivity contribution in [3.05, 3.63) is 78.5 Å². The smallest absolute Gasteiger partial charge is 0.324 e. The van der Waals surface area contributed by atoms with Crippen molar-refractivity contribution < 1.29 is 4.79 Å². The van der Waals surface area contributed by atoms with Gasteiger partial charge in [0.2, 0.25) is 0 Å². The lowest BCUT2D eigenvalue weighted by molar-refractivity contribution is 0.262. The van der Waals surface area contributed by atoms with E-state index in [4.69, 9.17) is 0 Å². The summed E-state index contributed by atoms with van der Waals surface area (Å²) in [6.07, 6.45) is 1.70. The summed E-state index contributed by atoms with van der Waals surface area (Å²) in [5, 5.41) is 8.86. The fourth-order valence-electron chi connectivity index (χ4n) is 2.61. The number of carbonyl (C=O) groups is 1. The molecule has 2 aromatic carbocycles. The molecule has 0 fully saturated rings. The van der Waals surface area contributed by atoms with E-state index in [1.54, 1.807) is 12.3 Å². The second-order valence-corrected chi connectivity index (χ2v) is 6.24. The molecule has 3 aromatic rings. The first-order valence-electron chi connectivity index (χ1n) is 8.57. The maximum Gasteiger partial charge on any atom is 0.324 e. The van der Waals surface area contributed by atoms with Crippen LogP contribution in [0.3, 0.4) is 0 Å². The molecule has 0 unspecified atom stereocenters. The van der Waals surface area contributed by atoms with Gasteiger partial charge >= 0.3 is 6.03 Å². The summed E-state index contributed by atoms with van der Waals surface area (Å²) in [5.74, 6) is 0.912. The van der Waals surface area contributed by atoms with E-state index in [1.165, 1.54) is 5.56 Å². The van der Waals surface area contributed by atoms with Crippen LogP contribution in [0.1, 0.15) is 25.3 Å². The molecule has 0 aliphatic heterocycles. The van der Waals surface area contributed by atoms with Gasteiger partial charge in [0.05, 0.1) is 11.9 Å². The number of rotatable bonds is 5. The Balaban J connectivity index is 1.63. The Bertz CT molecular complexity index is 861. The molecule has 0 radical (unpaired) electrons. The minimum Gasteiger partial charge on any atom is -0.354 e. The van der Waals surface area contributed by atoms with Crippen molar-refractivity contribution in [3.63, 3.8) is 0 Å². The lowest BCUT2D eigenvalue weighted by atomic mass is 10.0. The Morgan fingerprint density at radius 2 is 1.58 bits per heavy atom. The van der Waals surface area contributed by atoms with Crippen LogP contribution in [-0.4, -0.2) is 11.0 Å². The first-order chi connectivity index (χ1) is 12.6. The molecule has 0 saturated heterocycles. The quantitative estimate of drug-likeness (QED) is 0.564. The van der Waals surface area contributed by atoms with Gasteiger partial charge in [-0.1, -0.05) is 50.2 Å². The van der Waals surface area contributed by atoms with Crippen LogP contribution in [0.15, 0.2) is 72.9 Å². The summed E-state index contributed by atoms with van der Waals surface area (Å²) in [4.78, 5) is 16.3. The van der Waals surface area contributed by atoms with Crippen LogP contribution >= 0.6 is 0 Å². The van der Waals surface area contributed by atoms with Gasteiger partial charge in [-0.2, -0.15) is 0 Å². The Hall–Kier alpha value is -3.34. The van der Waals surface area contributed by atoms with Crippen LogP contribution in [0, 0.1) is 0 Å². The number of anilines is 4. The number of nitrogens with zero attached hydrogens (tertiary/aromatic N) is 1. The third-order valence-corrected chi connectivity index (χ3v) is 3.90. The molecule has 0 aliphatic rings. The van der Waals surface area contributed by atoms with Crippen molar-refractivity contribution in [2.75, 3.05) is 16.0 Å². The third-order valence-electron chi connectivity index (χ3n) is 3.90. The van der Waals surface area contributed by atoms with Crippen LogP contribution in [-0.2, 0) is 0 Å². The van der Waals surface area contributed by atoms with Crippen LogP contribution in [0.4, 0.5) is 27.7 Å². The monoisotopic (exact) mass is 346 g/mol. The second kappa shape index (κ2) is 8.16. The Labute approximate surface area is 153 Å². The topological polar surface area (TPSA) is 66.0 Å². The molecule has 0 aliphatic carbocycles. The van der Waals surface area contributed by atoms with E-state index in [9.17, 15) is 4.79 Å². The first-order valence-corrected chi connectivity index (χ1v) is 8.57. The number of urea groups is 1. The molecule has 5 nitrogen and oxygen atoms in total. The van der Waals surface area contributed by atoms with E-state index in [0.717, 1.165) is 17.1 Å². The molecule has 0 bridgehead atoms. The zero-order valence-corrected chi connectivity index (χ0v) is 14.9. The number of hydrogen-bond donors (Lipinski definition) is 3.